The summed E-state index contributed by atoms with van der Waals surface area (Å²) in [5, 5.41) is 0. The van der Waals surface area contributed by atoms with Gasteiger partial charge in [0.25, 0.3) is 23.6 Å². The molecule has 1 aliphatic carbocycles. The van der Waals surface area contributed by atoms with Crippen LogP contribution < -0.4 is 0 Å². The molecule has 0 aromatic carbocycles. The molecule has 12 heteroatoms. The second-order valence-electron chi connectivity index (χ2n) is 8.08. The average molecular weight is 472 g/mol. The zero-order valence-electron chi connectivity index (χ0n) is 19.1. The number of fused-ring (bicyclic) bond motifs is 4. The van der Waals surface area contributed by atoms with Crippen LogP contribution in [0.5, 0.6) is 0 Å². The van der Waals surface area contributed by atoms with Crippen molar-refractivity contribution >= 4 is 47.3 Å². The van der Waals surface area contributed by atoms with E-state index in [1.54, 1.807) is 13.8 Å². The van der Waals surface area contributed by atoms with Gasteiger partial charge in [-0.05, 0) is 13.8 Å². The molecule has 4 unspecified atom stereocenters. The normalized spacial score (nSPS) is 28.8. The van der Waals surface area contributed by atoms with Crippen LogP contribution in [0, 0.1) is 23.7 Å². The van der Waals surface area contributed by atoms with E-state index in [-0.39, 0.29) is 47.3 Å². The van der Waals surface area contributed by atoms with Crippen LogP contribution in [0.4, 0.5) is 0 Å². The van der Waals surface area contributed by atoms with Gasteiger partial charge in [-0.25, -0.2) is 0 Å². The lowest BCUT2D eigenvalue weighted by atomic mass is 9.59. The maximum absolute atomic E-state index is 11.9. The fourth-order valence-corrected chi connectivity index (χ4v) is 4.53. The van der Waals surface area contributed by atoms with Gasteiger partial charge in [0.2, 0.25) is 23.6 Å². The molecule has 5 aliphatic rings. The fourth-order valence-electron chi connectivity index (χ4n) is 4.53. The number of carbonyl (C=O) groups excluding carboxylic acids is 8. The van der Waals surface area contributed by atoms with Crippen molar-refractivity contribution in [3.05, 3.63) is 24.3 Å². The molecule has 0 aromatic rings. The minimum absolute atomic E-state index is 0.206. The molecule has 3 fully saturated rings. The number of carbonyl (C=O) groups is 8. The van der Waals surface area contributed by atoms with Gasteiger partial charge in [0.05, 0.1) is 23.7 Å². The van der Waals surface area contributed by atoms with Crippen molar-refractivity contribution in [1.82, 2.24) is 19.6 Å². The van der Waals surface area contributed by atoms with Gasteiger partial charge in [0.1, 0.15) is 0 Å². The van der Waals surface area contributed by atoms with Crippen LogP contribution in [0.2, 0.25) is 0 Å². The Balaban J connectivity index is 0.000000161. The monoisotopic (exact) mass is 472 g/mol. The smallest absolute Gasteiger partial charge is 0.253 e. The number of imide groups is 4. The summed E-state index contributed by atoms with van der Waals surface area (Å²) in [6, 6.07) is 0. The molecule has 5 rings (SSSR count). The first-order valence-corrected chi connectivity index (χ1v) is 10.7. The third-order valence-electron chi connectivity index (χ3n) is 6.44. The summed E-state index contributed by atoms with van der Waals surface area (Å²) >= 11 is 0. The highest BCUT2D eigenvalue weighted by atomic mass is 16.2. The van der Waals surface area contributed by atoms with E-state index in [1.165, 1.54) is 43.3 Å². The molecule has 0 N–H and O–H groups in total. The van der Waals surface area contributed by atoms with Crippen molar-refractivity contribution in [3.63, 3.8) is 0 Å². The largest absolute Gasteiger partial charge is 0.285 e. The molecule has 2 saturated heterocycles. The lowest BCUT2D eigenvalue weighted by Crippen LogP contribution is -2.50. The Labute approximate surface area is 194 Å². The summed E-state index contributed by atoms with van der Waals surface area (Å²) in [5.74, 6) is -4.48. The second kappa shape index (κ2) is 9.12. The maximum Gasteiger partial charge on any atom is 0.253 e. The Hall–Kier alpha value is -3.96. The number of hydrogen-bond donors (Lipinski definition) is 0. The minimum Gasteiger partial charge on any atom is -0.285 e. The second-order valence-corrected chi connectivity index (χ2v) is 8.08. The van der Waals surface area contributed by atoms with Gasteiger partial charge < -0.3 is 0 Å². The van der Waals surface area contributed by atoms with Crippen LogP contribution in [0.15, 0.2) is 24.3 Å². The molecule has 0 radical (unpaired) electrons. The third-order valence-corrected chi connectivity index (χ3v) is 6.44. The Morgan fingerprint density at radius 3 is 1.09 bits per heavy atom. The summed E-state index contributed by atoms with van der Waals surface area (Å²) < 4.78 is 0. The minimum atomic E-state index is -0.592. The molecule has 4 aliphatic heterocycles. The number of hydrogen-bond acceptors (Lipinski definition) is 8. The van der Waals surface area contributed by atoms with E-state index in [0.29, 0.717) is 13.1 Å². The van der Waals surface area contributed by atoms with Gasteiger partial charge in [-0.1, -0.05) is 0 Å². The summed E-state index contributed by atoms with van der Waals surface area (Å²) in [5.41, 5.74) is 0. The van der Waals surface area contributed by atoms with Crippen molar-refractivity contribution in [2.75, 3.05) is 27.2 Å². The van der Waals surface area contributed by atoms with E-state index in [9.17, 15) is 38.4 Å². The van der Waals surface area contributed by atoms with Crippen molar-refractivity contribution in [2.45, 2.75) is 13.8 Å². The summed E-state index contributed by atoms with van der Waals surface area (Å²) in [7, 11) is 2.86. The van der Waals surface area contributed by atoms with Gasteiger partial charge in [0, 0.05) is 51.5 Å². The van der Waals surface area contributed by atoms with E-state index in [2.05, 4.69) is 0 Å². The van der Waals surface area contributed by atoms with E-state index < -0.39 is 23.7 Å². The van der Waals surface area contributed by atoms with Crippen molar-refractivity contribution in [2.24, 2.45) is 23.7 Å². The zero-order chi connectivity index (χ0) is 25.5. The molecule has 0 bridgehead atoms. The Bertz CT molecular complexity index is 1000. The standard InChI is InChI=1S/C11H12N2O4.C6H7NO2.C5H5NO2/c1-3-13-10(16)6-4-5(7(6)11(13)17)9(15)12(2)8(4)14;1-2-7-5(8)3-4-6(7)9;1-6-4(7)2-3-5(6)8/h4-7H,3H2,1-2H3;3-4H,2H2,1H3;2-3H,1H3. The molecule has 4 atom stereocenters. The highest BCUT2D eigenvalue weighted by molar-refractivity contribution is 6.17. The Morgan fingerprint density at radius 2 is 0.824 bits per heavy atom. The maximum atomic E-state index is 11.9. The lowest BCUT2D eigenvalue weighted by Gasteiger charge is -2.36. The first kappa shape index (κ1) is 24.7. The average Bonchev–Trinajstić information content (AvgIpc) is 3.39. The first-order valence-electron chi connectivity index (χ1n) is 10.7. The van der Waals surface area contributed by atoms with E-state index in [4.69, 9.17) is 0 Å². The van der Waals surface area contributed by atoms with Crippen LogP contribution in [-0.4, -0.2) is 94.0 Å². The predicted octanol–water partition coefficient (Wildman–Crippen LogP) is -1.68. The van der Waals surface area contributed by atoms with Gasteiger partial charge >= 0.3 is 0 Å². The Morgan fingerprint density at radius 1 is 0.500 bits per heavy atom. The molecular formula is C22H24N4O8. The van der Waals surface area contributed by atoms with Crippen molar-refractivity contribution in [3.8, 4) is 0 Å². The summed E-state index contributed by atoms with van der Waals surface area (Å²) in [4.78, 5) is 94.0. The highest BCUT2D eigenvalue weighted by Gasteiger charge is 2.72. The van der Waals surface area contributed by atoms with Crippen molar-refractivity contribution < 1.29 is 38.4 Å². The highest BCUT2D eigenvalue weighted by Crippen LogP contribution is 2.55. The Kier molecular flexibility index (Phi) is 6.62. The van der Waals surface area contributed by atoms with Gasteiger partial charge in [-0.3, -0.25) is 58.0 Å². The quantitative estimate of drug-likeness (QED) is 0.433. The number of likely N-dealkylation sites (tertiary alicyclic amines) is 2. The fraction of sp³-hybridized carbons (Fsp3) is 0.455. The van der Waals surface area contributed by atoms with Crippen LogP contribution in [-0.2, 0) is 38.4 Å². The molecule has 4 heterocycles. The summed E-state index contributed by atoms with van der Waals surface area (Å²) in [6.45, 7) is 4.25. The molecular weight excluding hydrogens is 448 g/mol. The van der Waals surface area contributed by atoms with E-state index in [1.807, 2.05) is 0 Å². The first-order chi connectivity index (χ1) is 16.0. The third kappa shape index (κ3) is 3.74. The van der Waals surface area contributed by atoms with Gasteiger partial charge in [0.15, 0.2) is 0 Å². The number of nitrogens with zero attached hydrogens (tertiary/aromatic N) is 4. The molecule has 180 valence electrons. The van der Waals surface area contributed by atoms with Gasteiger partial charge in [-0.2, -0.15) is 0 Å². The van der Waals surface area contributed by atoms with Crippen LogP contribution in [0.1, 0.15) is 13.8 Å². The van der Waals surface area contributed by atoms with Crippen molar-refractivity contribution in [1.29, 1.82) is 0 Å². The number of likely N-dealkylation sites (N-methyl/N-ethyl adjacent to an activating group) is 2. The molecule has 12 nitrogen and oxygen atoms in total. The molecule has 1 saturated carbocycles. The lowest BCUT2D eigenvalue weighted by molar-refractivity contribution is -0.146. The topological polar surface area (TPSA) is 150 Å². The predicted molar refractivity (Wildman–Crippen MR) is 113 cm³/mol. The van der Waals surface area contributed by atoms with Crippen LogP contribution in [0.25, 0.3) is 0 Å². The number of rotatable bonds is 2. The molecule has 0 aromatic heterocycles. The van der Waals surface area contributed by atoms with E-state index in [0.717, 1.165) is 14.7 Å². The molecule has 8 amide bonds. The molecule has 0 spiro atoms. The van der Waals surface area contributed by atoms with Gasteiger partial charge in [-0.15, -0.1) is 0 Å². The SMILES string of the molecule is CCN1C(=O)C2C3C(=O)N(C)C(=O)C3C2C1=O.CCN1C(=O)C=CC1=O.CN1C(=O)C=CC1=O. The summed E-state index contributed by atoms with van der Waals surface area (Å²) in [6.07, 6.45) is 5.07. The molecule has 34 heavy (non-hydrogen) atoms. The zero-order valence-corrected chi connectivity index (χ0v) is 19.1. The number of amides is 8. The van der Waals surface area contributed by atoms with E-state index >= 15 is 0 Å². The van der Waals surface area contributed by atoms with Crippen LogP contribution >= 0.6 is 0 Å². The van der Waals surface area contributed by atoms with Crippen LogP contribution in [0.3, 0.4) is 0 Å².